The van der Waals surface area contributed by atoms with Crippen molar-refractivity contribution >= 4 is 11.8 Å². The number of carbonyl (C=O) groups excluding carboxylic acids is 2. The van der Waals surface area contributed by atoms with E-state index in [1.54, 1.807) is 0 Å². The van der Waals surface area contributed by atoms with Crippen LogP contribution in [0.15, 0.2) is 24.0 Å². The summed E-state index contributed by atoms with van der Waals surface area (Å²) in [5.41, 5.74) is 0.416. The fraction of sp³-hybridized carbons (Fsp3) is 0.571. The normalized spacial score (nSPS) is 26.1. The Morgan fingerprint density at radius 3 is 2.78 bits per heavy atom. The molecule has 0 spiro atoms. The number of rotatable bonds is 5. The van der Waals surface area contributed by atoms with Gasteiger partial charge in [-0.05, 0) is 25.2 Å². The molecular formula is C14H20O4. The summed E-state index contributed by atoms with van der Waals surface area (Å²) in [4.78, 5) is 23.3. The zero-order valence-corrected chi connectivity index (χ0v) is 10.9. The van der Waals surface area contributed by atoms with Crippen LogP contribution in [0.4, 0.5) is 0 Å². The van der Waals surface area contributed by atoms with Crippen molar-refractivity contribution in [1.82, 2.24) is 0 Å². The molecule has 1 fully saturated rings. The quantitative estimate of drug-likeness (QED) is 0.353. The van der Waals surface area contributed by atoms with Gasteiger partial charge in [0, 0.05) is 17.9 Å². The van der Waals surface area contributed by atoms with Gasteiger partial charge in [0.1, 0.15) is 0 Å². The predicted molar refractivity (Wildman–Crippen MR) is 68.0 cm³/mol. The Morgan fingerprint density at radius 2 is 2.22 bits per heavy atom. The number of allylic oxidation sites excluding steroid dienone is 3. The highest BCUT2D eigenvalue weighted by molar-refractivity contribution is 6.00. The van der Waals surface area contributed by atoms with Gasteiger partial charge in [0.25, 0.3) is 0 Å². The molecule has 2 atom stereocenters. The maximum Gasteiger partial charge on any atom is 0.305 e. The van der Waals surface area contributed by atoms with Gasteiger partial charge in [-0.3, -0.25) is 9.59 Å². The Morgan fingerprint density at radius 1 is 1.50 bits per heavy atom. The first kappa shape index (κ1) is 14.5. The number of carbonyl (C=O) groups is 2. The third-order valence-electron chi connectivity index (χ3n) is 3.31. The number of esters is 1. The molecule has 0 aliphatic heterocycles. The molecule has 0 aromatic carbocycles. The van der Waals surface area contributed by atoms with Crippen LogP contribution in [-0.2, 0) is 14.3 Å². The van der Waals surface area contributed by atoms with Crippen LogP contribution in [0.3, 0.4) is 0 Å². The minimum Gasteiger partial charge on any atom is -0.515 e. The van der Waals surface area contributed by atoms with Gasteiger partial charge < -0.3 is 9.84 Å². The van der Waals surface area contributed by atoms with Crippen molar-refractivity contribution in [3.63, 3.8) is 0 Å². The standard InChI is InChI=1S/C14H20O4/c1-3-4-5-6-12-10(8-13(16)18-2)7-11(9-15)14(12)17/h4-5,9-10,12,15H,3,6-8H2,1-2H3. The summed E-state index contributed by atoms with van der Waals surface area (Å²) >= 11 is 0. The van der Waals surface area contributed by atoms with Gasteiger partial charge in [-0.2, -0.15) is 0 Å². The molecule has 0 amide bonds. The molecule has 0 bridgehead atoms. The topological polar surface area (TPSA) is 63.6 Å². The van der Waals surface area contributed by atoms with Gasteiger partial charge in [0.15, 0.2) is 5.78 Å². The molecule has 0 aromatic rings. The highest BCUT2D eigenvalue weighted by Gasteiger charge is 2.38. The number of methoxy groups -OCH3 is 1. The van der Waals surface area contributed by atoms with Crippen molar-refractivity contribution in [1.29, 1.82) is 0 Å². The van der Waals surface area contributed by atoms with Crippen molar-refractivity contribution in [2.24, 2.45) is 11.8 Å². The van der Waals surface area contributed by atoms with E-state index in [1.807, 2.05) is 19.1 Å². The Balaban J connectivity index is 2.75. The van der Waals surface area contributed by atoms with Gasteiger partial charge >= 0.3 is 5.97 Å². The van der Waals surface area contributed by atoms with Crippen LogP contribution < -0.4 is 0 Å². The van der Waals surface area contributed by atoms with Crippen LogP contribution in [0.2, 0.25) is 0 Å². The van der Waals surface area contributed by atoms with E-state index in [4.69, 9.17) is 5.11 Å². The molecule has 2 unspecified atom stereocenters. The van der Waals surface area contributed by atoms with Crippen molar-refractivity contribution in [2.75, 3.05) is 7.11 Å². The molecule has 1 aliphatic rings. The molecule has 0 heterocycles. The van der Waals surface area contributed by atoms with Crippen LogP contribution in [0.5, 0.6) is 0 Å². The summed E-state index contributed by atoms with van der Waals surface area (Å²) in [7, 11) is 1.34. The maximum atomic E-state index is 12.0. The summed E-state index contributed by atoms with van der Waals surface area (Å²) in [5.74, 6) is -0.640. The summed E-state index contributed by atoms with van der Waals surface area (Å²) in [6, 6.07) is 0. The third kappa shape index (κ3) is 3.45. The monoisotopic (exact) mass is 252 g/mol. The van der Waals surface area contributed by atoms with Crippen molar-refractivity contribution in [3.8, 4) is 0 Å². The molecule has 0 aromatic heterocycles. The lowest BCUT2D eigenvalue weighted by atomic mass is 9.89. The molecule has 1 aliphatic carbocycles. The van der Waals surface area contributed by atoms with Crippen LogP contribution >= 0.6 is 0 Å². The molecule has 100 valence electrons. The van der Waals surface area contributed by atoms with E-state index in [0.29, 0.717) is 18.4 Å². The van der Waals surface area contributed by atoms with E-state index < -0.39 is 0 Å². The predicted octanol–water partition coefficient (Wildman–Crippen LogP) is 2.55. The Kier molecular flexibility index (Phi) is 5.62. The highest BCUT2D eigenvalue weighted by Crippen LogP contribution is 2.37. The number of ketones is 1. The minimum atomic E-state index is -0.309. The average molecular weight is 252 g/mol. The minimum absolute atomic E-state index is 0.0489. The van der Waals surface area contributed by atoms with Gasteiger partial charge in [0.2, 0.25) is 0 Å². The SMILES string of the molecule is CCC=CCC1C(=O)C(=CO)CC1CC(=O)OC. The molecule has 18 heavy (non-hydrogen) atoms. The lowest BCUT2D eigenvalue weighted by molar-refractivity contribution is -0.142. The average Bonchev–Trinajstić information content (AvgIpc) is 2.66. The Hall–Kier alpha value is -1.58. The van der Waals surface area contributed by atoms with Crippen molar-refractivity contribution in [2.45, 2.75) is 32.6 Å². The second kappa shape index (κ2) is 6.99. The molecule has 1 N–H and O–H groups in total. The highest BCUT2D eigenvalue weighted by atomic mass is 16.5. The Bertz CT molecular complexity index is 368. The van der Waals surface area contributed by atoms with Gasteiger partial charge in [0.05, 0.1) is 13.4 Å². The lowest BCUT2D eigenvalue weighted by Gasteiger charge is -2.14. The largest absolute Gasteiger partial charge is 0.515 e. The number of Topliss-reactive ketones (excluding diaryl/α,β-unsaturated/α-hetero) is 1. The maximum absolute atomic E-state index is 12.0. The lowest BCUT2D eigenvalue weighted by Crippen LogP contribution is -2.18. The molecule has 0 saturated heterocycles. The Labute approximate surface area is 107 Å². The fourth-order valence-electron chi connectivity index (χ4n) is 2.31. The van der Waals surface area contributed by atoms with E-state index in [1.165, 1.54) is 7.11 Å². The molecular weight excluding hydrogens is 232 g/mol. The third-order valence-corrected chi connectivity index (χ3v) is 3.31. The summed E-state index contributed by atoms with van der Waals surface area (Å²) in [6.07, 6.45) is 7.06. The van der Waals surface area contributed by atoms with E-state index >= 15 is 0 Å². The van der Waals surface area contributed by atoms with Crippen LogP contribution in [0, 0.1) is 11.8 Å². The fourth-order valence-corrected chi connectivity index (χ4v) is 2.31. The summed E-state index contributed by atoms with van der Waals surface area (Å²) in [6.45, 7) is 2.03. The summed E-state index contributed by atoms with van der Waals surface area (Å²) in [5, 5.41) is 9.02. The van der Waals surface area contributed by atoms with Crippen molar-refractivity contribution < 1.29 is 19.4 Å². The van der Waals surface area contributed by atoms with E-state index in [2.05, 4.69) is 4.74 Å². The molecule has 0 radical (unpaired) electrons. The van der Waals surface area contributed by atoms with Gasteiger partial charge in [-0.1, -0.05) is 19.1 Å². The van der Waals surface area contributed by atoms with Gasteiger partial charge in [-0.15, -0.1) is 0 Å². The van der Waals surface area contributed by atoms with Gasteiger partial charge in [-0.25, -0.2) is 0 Å². The number of aliphatic hydroxyl groups excluding tert-OH is 1. The first-order chi connectivity index (χ1) is 8.63. The number of ether oxygens (including phenoxy) is 1. The zero-order chi connectivity index (χ0) is 13.5. The second-order valence-electron chi connectivity index (χ2n) is 4.48. The second-order valence-corrected chi connectivity index (χ2v) is 4.48. The smallest absolute Gasteiger partial charge is 0.305 e. The summed E-state index contributed by atoms with van der Waals surface area (Å²) < 4.78 is 4.64. The molecule has 1 rings (SSSR count). The van der Waals surface area contributed by atoms with Crippen LogP contribution in [0.25, 0.3) is 0 Å². The van der Waals surface area contributed by atoms with Crippen LogP contribution in [0.1, 0.15) is 32.6 Å². The number of hydrogen-bond acceptors (Lipinski definition) is 4. The van der Waals surface area contributed by atoms with E-state index in [9.17, 15) is 9.59 Å². The number of aliphatic hydroxyl groups is 1. The first-order valence-electron chi connectivity index (χ1n) is 6.23. The molecule has 4 nitrogen and oxygen atoms in total. The van der Waals surface area contributed by atoms with Crippen LogP contribution in [-0.4, -0.2) is 24.0 Å². The van der Waals surface area contributed by atoms with E-state index in [0.717, 1.165) is 12.7 Å². The number of hydrogen-bond donors (Lipinski definition) is 1. The van der Waals surface area contributed by atoms with E-state index in [-0.39, 0.29) is 30.0 Å². The zero-order valence-electron chi connectivity index (χ0n) is 10.9. The molecule has 1 saturated carbocycles. The first-order valence-corrected chi connectivity index (χ1v) is 6.23. The van der Waals surface area contributed by atoms with Crippen molar-refractivity contribution in [3.05, 3.63) is 24.0 Å². The molecule has 4 heteroatoms.